The predicted molar refractivity (Wildman–Crippen MR) is 71.6 cm³/mol. The van der Waals surface area contributed by atoms with Crippen molar-refractivity contribution in [2.24, 2.45) is 0 Å². The minimum Gasteiger partial charge on any atom is -0.762 e. The van der Waals surface area contributed by atoms with E-state index in [0.717, 1.165) is 6.42 Å². The van der Waals surface area contributed by atoms with Gasteiger partial charge in [-0.25, -0.2) is 0 Å². The van der Waals surface area contributed by atoms with Crippen LogP contribution in [0.1, 0.15) is 19.3 Å². The molecule has 0 heterocycles. The van der Waals surface area contributed by atoms with Crippen LogP contribution < -0.4 is 0 Å². The van der Waals surface area contributed by atoms with Gasteiger partial charge in [-0.1, -0.05) is 11.6 Å². The molecular formula is C14H8ClN4-. The van der Waals surface area contributed by atoms with E-state index in [1.807, 2.05) is 0 Å². The lowest BCUT2D eigenvalue weighted by atomic mass is 9.92. The fourth-order valence-corrected chi connectivity index (χ4v) is 1.99. The van der Waals surface area contributed by atoms with Gasteiger partial charge in [0.15, 0.2) is 0 Å². The second-order valence-electron chi connectivity index (χ2n) is 3.78. The van der Waals surface area contributed by atoms with Gasteiger partial charge < -0.3 is 5.41 Å². The minimum absolute atomic E-state index is 0.0147. The lowest BCUT2D eigenvalue weighted by Crippen LogP contribution is -1.99. The fraction of sp³-hybridized carbons (Fsp3) is 0.214. The topological polar surface area (TPSA) is 93.7 Å². The van der Waals surface area contributed by atoms with Crippen molar-refractivity contribution >= 4 is 17.5 Å². The van der Waals surface area contributed by atoms with Crippen molar-refractivity contribution in [3.8, 4) is 18.2 Å². The Morgan fingerprint density at radius 1 is 1.16 bits per heavy atom. The van der Waals surface area contributed by atoms with E-state index in [0.29, 0.717) is 29.0 Å². The van der Waals surface area contributed by atoms with E-state index in [1.165, 1.54) is 12.2 Å². The highest BCUT2D eigenvalue weighted by atomic mass is 35.5. The lowest BCUT2D eigenvalue weighted by molar-refractivity contribution is 0.791. The first kappa shape index (κ1) is 14.5. The Morgan fingerprint density at radius 3 is 2.37 bits per heavy atom. The Morgan fingerprint density at radius 2 is 1.84 bits per heavy atom. The molecule has 0 fully saturated rings. The highest BCUT2D eigenvalue weighted by molar-refractivity contribution is 6.32. The van der Waals surface area contributed by atoms with Crippen LogP contribution >= 0.6 is 11.6 Å². The number of rotatable bonds is 2. The maximum atomic E-state index is 8.72. The first-order chi connectivity index (χ1) is 9.15. The van der Waals surface area contributed by atoms with Gasteiger partial charge in [0.2, 0.25) is 0 Å². The zero-order valence-corrected chi connectivity index (χ0v) is 10.7. The maximum absolute atomic E-state index is 8.72. The molecule has 0 aliphatic heterocycles. The largest absolute Gasteiger partial charge is 0.762 e. The monoisotopic (exact) mass is 267 g/mol. The van der Waals surface area contributed by atoms with Gasteiger partial charge in [0.25, 0.3) is 0 Å². The Bertz CT molecular complexity index is 637. The number of halogens is 1. The summed E-state index contributed by atoms with van der Waals surface area (Å²) in [4.78, 5) is 0. The fourth-order valence-electron chi connectivity index (χ4n) is 1.69. The van der Waals surface area contributed by atoms with Crippen molar-refractivity contribution in [3.05, 3.63) is 44.9 Å². The highest BCUT2D eigenvalue weighted by Crippen LogP contribution is 2.34. The summed E-state index contributed by atoms with van der Waals surface area (Å²) in [6, 6.07) is 5.33. The van der Waals surface area contributed by atoms with Crippen molar-refractivity contribution < 1.29 is 0 Å². The molecule has 5 heteroatoms. The van der Waals surface area contributed by atoms with Gasteiger partial charge in [-0.15, -0.1) is 0 Å². The standard InChI is InChI=1S/C14H8ClN4/c15-14-12(4-10(6-16)7-17)2-1-3-13(14)5-11(8-18)9-19/h4-5H,1-3H2/q-1/b12-4+. The SMILES string of the molecule is N#CC(=C=[N-])/C=C1\CCCC(C=C(C#N)C#N)=C1Cl. The van der Waals surface area contributed by atoms with Crippen LogP contribution in [0.4, 0.5) is 0 Å². The zero-order valence-electron chi connectivity index (χ0n) is 9.94. The van der Waals surface area contributed by atoms with E-state index >= 15 is 0 Å². The highest BCUT2D eigenvalue weighted by Gasteiger charge is 2.15. The third-order valence-corrected chi connectivity index (χ3v) is 3.06. The van der Waals surface area contributed by atoms with E-state index in [2.05, 4.69) is 0 Å². The lowest BCUT2D eigenvalue weighted by Gasteiger charge is -2.16. The van der Waals surface area contributed by atoms with Gasteiger partial charge in [0, 0.05) is 5.03 Å². The Kier molecular flexibility index (Phi) is 5.34. The van der Waals surface area contributed by atoms with E-state index in [4.69, 9.17) is 32.8 Å². The van der Waals surface area contributed by atoms with Gasteiger partial charge in [0.1, 0.15) is 23.8 Å². The summed E-state index contributed by atoms with van der Waals surface area (Å²) in [5.74, 6) is 1.78. The summed E-state index contributed by atoms with van der Waals surface area (Å²) in [5.41, 5.74) is 1.35. The molecule has 1 aliphatic rings. The maximum Gasteiger partial charge on any atom is 0.129 e. The zero-order chi connectivity index (χ0) is 14.3. The molecule has 92 valence electrons. The Balaban J connectivity index is 3.26. The van der Waals surface area contributed by atoms with Crippen molar-refractivity contribution in [1.29, 1.82) is 15.8 Å². The van der Waals surface area contributed by atoms with Crippen LogP contribution in [0.15, 0.2) is 39.5 Å². The van der Waals surface area contributed by atoms with E-state index in [-0.39, 0.29) is 11.1 Å². The molecule has 0 unspecified atom stereocenters. The van der Waals surface area contributed by atoms with Crippen LogP contribution in [-0.4, -0.2) is 5.87 Å². The molecule has 0 aromatic carbocycles. The molecule has 0 aromatic heterocycles. The van der Waals surface area contributed by atoms with Crippen LogP contribution in [0.3, 0.4) is 0 Å². The molecule has 4 nitrogen and oxygen atoms in total. The Hall–Kier alpha value is -2.57. The van der Waals surface area contributed by atoms with Crippen molar-refractivity contribution in [1.82, 2.24) is 0 Å². The van der Waals surface area contributed by atoms with E-state index < -0.39 is 0 Å². The van der Waals surface area contributed by atoms with Crippen LogP contribution in [0.5, 0.6) is 0 Å². The van der Waals surface area contributed by atoms with Crippen LogP contribution in [0.25, 0.3) is 5.41 Å². The minimum atomic E-state index is -0.0147. The summed E-state index contributed by atoms with van der Waals surface area (Å²) < 4.78 is 0. The predicted octanol–water partition coefficient (Wildman–Crippen LogP) is 3.25. The molecule has 0 bridgehead atoms. The van der Waals surface area contributed by atoms with Gasteiger partial charge >= 0.3 is 0 Å². The molecule has 1 rings (SSSR count). The molecule has 0 N–H and O–H groups in total. The summed E-state index contributed by atoms with van der Waals surface area (Å²) in [5, 5.41) is 35.3. The van der Waals surface area contributed by atoms with Gasteiger partial charge in [-0.3, -0.25) is 5.87 Å². The number of nitrogens with zero attached hydrogens (tertiary/aromatic N) is 4. The third-order valence-electron chi connectivity index (χ3n) is 2.58. The average Bonchev–Trinajstić information content (AvgIpc) is 2.45. The number of hydrogen-bond acceptors (Lipinski definition) is 3. The van der Waals surface area contributed by atoms with Crippen LogP contribution in [0, 0.1) is 34.0 Å². The van der Waals surface area contributed by atoms with Crippen molar-refractivity contribution in [3.63, 3.8) is 0 Å². The normalized spacial score (nSPS) is 15.8. The van der Waals surface area contributed by atoms with E-state index in [1.54, 1.807) is 24.1 Å². The molecule has 0 aromatic rings. The second kappa shape index (κ2) is 7.00. The van der Waals surface area contributed by atoms with Crippen molar-refractivity contribution in [2.45, 2.75) is 19.3 Å². The number of hydrogen-bond donors (Lipinski definition) is 0. The average molecular weight is 268 g/mol. The molecule has 0 radical (unpaired) electrons. The summed E-state index contributed by atoms with van der Waals surface area (Å²) >= 11 is 6.18. The number of allylic oxidation sites excluding steroid dienone is 7. The van der Waals surface area contributed by atoms with Gasteiger partial charge in [-0.2, -0.15) is 15.8 Å². The smallest absolute Gasteiger partial charge is 0.129 e. The van der Waals surface area contributed by atoms with Crippen LogP contribution in [0.2, 0.25) is 0 Å². The first-order valence-electron chi connectivity index (χ1n) is 5.45. The summed E-state index contributed by atoms with van der Waals surface area (Å²) in [7, 11) is 0. The summed E-state index contributed by atoms with van der Waals surface area (Å²) in [6.07, 6.45) is 5.03. The van der Waals surface area contributed by atoms with Gasteiger partial charge in [0.05, 0.1) is 5.57 Å². The third kappa shape index (κ3) is 3.70. The van der Waals surface area contributed by atoms with Crippen molar-refractivity contribution in [2.75, 3.05) is 0 Å². The Labute approximate surface area is 116 Å². The van der Waals surface area contributed by atoms with Crippen LogP contribution in [-0.2, 0) is 0 Å². The van der Waals surface area contributed by atoms with E-state index in [9.17, 15) is 0 Å². The quantitative estimate of drug-likeness (QED) is 0.567. The summed E-state index contributed by atoms with van der Waals surface area (Å²) in [6.45, 7) is 0. The number of nitriles is 3. The molecule has 0 spiro atoms. The van der Waals surface area contributed by atoms with Gasteiger partial charge in [-0.05, 0) is 42.6 Å². The molecule has 0 saturated heterocycles. The first-order valence-corrected chi connectivity index (χ1v) is 5.82. The second-order valence-corrected chi connectivity index (χ2v) is 4.16. The molecule has 1 aliphatic carbocycles. The molecule has 0 atom stereocenters. The molecular weight excluding hydrogens is 260 g/mol. The molecule has 0 saturated carbocycles. The molecule has 0 amide bonds. The molecule has 19 heavy (non-hydrogen) atoms.